The van der Waals surface area contributed by atoms with Gasteiger partial charge in [0.15, 0.2) is 0 Å². The van der Waals surface area contributed by atoms with E-state index in [-0.39, 0.29) is 0 Å². The molecule has 0 amide bonds. The molecule has 4 rings (SSSR count). The molecule has 5 heteroatoms. The largest absolute Gasteiger partial charge is 0.257 e. The highest BCUT2D eigenvalue weighted by Gasteiger charge is 2.08. The minimum absolute atomic E-state index is 0.580. The summed E-state index contributed by atoms with van der Waals surface area (Å²) in [5, 5.41) is 12.5. The van der Waals surface area contributed by atoms with E-state index in [9.17, 15) is 0 Å². The standard InChI is InChI=1S/C18H15N5/c1-13-4-2-5-14(8-13)15-9-18-17(19-10-15)11-21-23(18)12-16-6-3-7-20-22-16/h2-11H,12H2,1H3. The molecule has 5 nitrogen and oxygen atoms in total. The van der Waals surface area contributed by atoms with Crippen LogP contribution in [0.2, 0.25) is 0 Å². The summed E-state index contributed by atoms with van der Waals surface area (Å²) in [5.41, 5.74) is 6.22. The van der Waals surface area contributed by atoms with Gasteiger partial charge in [0.1, 0.15) is 5.52 Å². The molecule has 3 heterocycles. The van der Waals surface area contributed by atoms with Gasteiger partial charge in [-0.3, -0.25) is 9.67 Å². The highest BCUT2D eigenvalue weighted by Crippen LogP contribution is 2.23. The van der Waals surface area contributed by atoms with Crippen LogP contribution < -0.4 is 0 Å². The first-order valence-corrected chi connectivity index (χ1v) is 7.45. The third-order valence-corrected chi connectivity index (χ3v) is 3.79. The predicted octanol–water partition coefficient (Wildman–Crippen LogP) is 3.25. The summed E-state index contributed by atoms with van der Waals surface area (Å²) < 4.78 is 1.91. The van der Waals surface area contributed by atoms with E-state index in [1.54, 1.807) is 12.4 Å². The third-order valence-electron chi connectivity index (χ3n) is 3.79. The van der Waals surface area contributed by atoms with Crippen molar-refractivity contribution in [3.63, 3.8) is 0 Å². The Morgan fingerprint density at radius 3 is 2.78 bits per heavy atom. The fraction of sp³-hybridized carbons (Fsp3) is 0.111. The van der Waals surface area contributed by atoms with E-state index in [2.05, 4.69) is 57.5 Å². The molecule has 3 aromatic heterocycles. The van der Waals surface area contributed by atoms with Crippen LogP contribution in [0.5, 0.6) is 0 Å². The van der Waals surface area contributed by atoms with Gasteiger partial charge in [-0.25, -0.2) is 0 Å². The van der Waals surface area contributed by atoms with E-state index < -0.39 is 0 Å². The number of hydrogen-bond acceptors (Lipinski definition) is 4. The van der Waals surface area contributed by atoms with Crippen LogP contribution >= 0.6 is 0 Å². The van der Waals surface area contributed by atoms with E-state index in [1.165, 1.54) is 5.56 Å². The van der Waals surface area contributed by atoms with E-state index >= 15 is 0 Å². The summed E-state index contributed by atoms with van der Waals surface area (Å²) in [4.78, 5) is 4.53. The normalized spacial score (nSPS) is 11.0. The summed E-state index contributed by atoms with van der Waals surface area (Å²) in [6.07, 6.45) is 5.35. The first-order chi connectivity index (χ1) is 11.3. The first-order valence-electron chi connectivity index (χ1n) is 7.45. The zero-order valence-electron chi connectivity index (χ0n) is 12.7. The number of fused-ring (bicyclic) bond motifs is 1. The lowest BCUT2D eigenvalue weighted by atomic mass is 10.1. The van der Waals surface area contributed by atoms with Crippen LogP contribution in [0.4, 0.5) is 0 Å². The zero-order chi connectivity index (χ0) is 15.6. The van der Waals surface area contributed by atoms with Crippen molar-refractivity contribution in [1.29, 1.82) is 0 Å². The van der Waals surface area contributed by atoms with Crippen molar-refractivity contribution >= 4 is 11.0 Å². The zero-order valence-corrected chi connectivity index (χ0v) is 12.7. The van der Waals surface area contributed by atoms with Gasteiger partial charge in [0, 0.05) is 18.0 Å². The van der Waals surface area contributed by atoms with Crippen LogP contribution in [0.15, 0.2) is 61.1 Å². The van der Waals surface area contributed by atoms with Crippen LogP contribution in [0.1, 0.15) is 11.3 Å². The van der Waals surface area contributed by atoms with Gasteiger partial charge >= 0.3 is 0 Å². The van der Waals surface area contributed by atoms with Crippen LogP contribution in [-0.4, -0.2) is 25.0 Å². The van der Waals surface area contributed by atoms with Crippen molar-refractivity contribution in [2.75, 3.05) is 0 Å². The number of pyridine rings is 1. The van der Waals surface area contributed by atoms with Crippen LogP contribution in [0, 0.1) is 6.92 Å². The molecule has 0 unspecified atom stereocenters. The van der Waals surface area contributed by atoms with Gasteiger partial charge in [-0.05, 0) is 30.7 Å². The second-order valence-electron chi connectivity index (χ2n) is 5.52. The van der Waals surface area contributed by atoms with Gasteiger partial charge in [-0.15, -0.1) is 0 Å². The molecule has 4 aromatic rings. The molecule has 0 aliphatic carbocycles. The SMILES string of the molecule is Cc1cccc(-c2cnc3cnn(Cc4cccnn4)c3c2)c1. The summed E-state index contributed by atoms with van der Waals surface area (Å²) in [7, 11) is 0. The molecule has 23 heavy (non-hydrogen) atoms. The molecule has 0 saturated heterocycles. The monoisotopic (exact) mass is 301 g/mol. The molecule has 0 spiro atoms. The quantitative estimate of drug-likeness (QED) is 0.583. The van der Waals surface area contributed by atoms with Crippen molar-refractivity contribution in [2.45, 2.75) is 13.5 Å². The predicted molar refractivity (Wildman–Crippen MR) is 88.8 cm³/mol. The average Bonchev–Trinajstić information content (AvgIpc) is 2.98. The lowest BCUT2D eigenvalue weighted by Gasteiger charge is -2.05. The molecule has 0 atom stereocenters. The fourth-order valence-electron chi connectivity index (χ4n) is 2.64. The maximum Gasteiger partial charge on any atom is 0.108 e. The smallest absolute Gasteiger partial charge is 0.108 e. The van der Waals surface area contributed by atoms with Crippen molar-refractivity contribution in [3.05, 3.63) is 72.3 Å². The lowest BCUT2D eigenvalue weighted by molar-refractivity contribution is 0.685. The molecule has 0 N–H and O–H groups in total. The van der Waals surface area contributed by atoms with Crippen LogP contribution in [0.3, 0.4) is 0 Å². The molecule has 1 aromatic carbocycles. The number of rotatable bonds is 3. The molecule has 0 aliphatic heterocycles. The maximum atomic E-state index is 4.53. The van der Waals surface area contributed by atoms with Gasteiger partial charge in [0.2, 0.25) is 0 Å². The molecule has 0 radical (unpaired) electrons. The van der Waals surface area contributed by atoms with E-state index in [1.807, 2.05) is 23.0 Å². The molecular weight excluding hydrogens is 286 g/mol. The average molecular weight is 301 g/mol. The molecule has 0 aliphatic rings. The lowest BCUT2D eigenvalue weighted by Crippen LogP contribution is -2.04. The molecule has 0 fully saturated rings. The highest BCUT2D eigenvalue weighted by molar-refractivity contribution is 5.80. The van der Waals surface area contributed by atoms with Gasteiger partial charge in [0.05, 0.1) is 24.0 Å². The number of benzene rings is 1. The minimum atomic E-state index is 0.580. The number of aromatic nitrogens is 5. The number of hydrogen-bond donors (Lipinski definition) is 0. The Morgan fingerprint density at radius 2 is 1.96 bits per heavy atom. The van der Waals surface area contributed by atoms with E-state index in [4.69, 9.17) is 0 Å². The van der Waals surface area contributed by atoms with Crippen LogP contribution in [-0.2, 0) is 6.54 Å². The number of nitrogens with zero attached hydrogens (tertiary/aromatic N) is 5. The third kappa shape index (κ3) is 2.68. The fourth-order valence-corrected chi connectivity index (χ4v) is 2.64. The molecule has 0 bridgehead atoms. The van der Waals surface area contributed by atoms with Gasteiger partial charge in [0.25, 0.3) is 0 Å². The second-order valence-corrected chi connectivity index (χ2v) is 5.52. The van der Waals surface area contributed by atoms with Gasteiger partial charge in [-0.2, -0.15) is 15.3 Å². The van der Waals surface area contributed by atoms with Gasteiger partial charge < -0.3 is 0 Å². The Balaban J connectivity index is 1.77. The van der Waals surface area contributed by atoms with Gasteiger partial charge in [-0.1, -0.05) is 29.8 Å². The topological polar surface area (TPSA) is 56.5 Å². The minimum Gasteiger partial charge on any atom is -0.257 e. The van der Waals surface area contributed by atoms with Crippen molar-refractivity contribution in [3.8, 4) is 11.1 Å². The molecule has 0 saturated carbocycles. The van der Waals surface area contributed by atoms with E-state index in [0.29, 0.717) is 6.54 Å². The molecular formula is C18H15N5. The van der Waals surface area contributed by atoms with Crippen molar-refractivity contribution in [2.24, 2.45) is 0 Å². The van der Waals surface area contributed by atoms with E-state index in [0.717, 1.165) is 27.9 Å². The Bertz CT molecular complexity index is 959. The van der Waals surface area contributed by atoms with Crippen molar-refractivity contribution < 1.29 is 0 Å². The van der Waals surface area contributed by atoms with Crippen molar-refractivity contribution in [1.82, 2.24) is 25.0 Å². The molecule has 112 valence electrons. The Labute approximate surface area is 133 Å². The number of aryl methyl sites for hydroxylation is 1. The maximum absolute atomic E-state index is 4.53. The summed E-state index contributed by atoms with van der Waals surface area (Å²) >= 11 is 0. The second kappa shape index (κ2) is 5.61. The summed E-state index contributed by atoms with van der Waals surface area (Å²) in [5.74, 6) is 0. The first kappa shape index (κ1) is 13.6. The summed E-state index contributed by atoms with van der Waals surface area (Å²) in [6.45, 7) is 2.67. The Morgan fingerprint density at radius 1 is 1.00 bits per heavy atom. The summed E-state index contributed by atoms with van der Waals surface area (Å²) in [6, 6.07) is 14.4. The highest BCUT2D eigenvalue weighted by atomic mass is 15.3. The Hall–Kier alpha value is -3.08. The Kier molecular flexibility index (Phi) is 3.31. The van der Waals surface area contributed by atoms with Crippen LogP contribution in [0.25, 0.3) is 22.2 Å².